The fourth-order valence-electron chi connectivity index (χ4n) is 4.74. The van der Waals surface area contributed by atoms with Crippen molar-refractivity contribution < 1.29 is 5.11 Å². The van der Waals surface area contributed by atoms with Crippen LogP contribution < -0.4 is 9.80 Å². The van der Waals surface area contributed by atoms with E-state index in [1.165, 1.54) is 0 Å². The van der Waals surface area contributed by atoms with Gasteiger partial charge >= 0.3 is 0 Å². The lowest BCUT2D eigenvalue weighted by Crippen LogP contribution is -2.28. The van der Waals surface area contributed by atoms with Crippen LogP contribution in [0.2, 0.25) is 0 Å². The Labute approximate surface area is 228 Å². The lowest BCUT2D eigenvalue weighted by Gasteiger charge is -2.32. The van der Waals surface area contributed by atoms with Crippen molar-refractivity contribution in [2.45, 2.75) is 0 Å². The molecule has 0 saturated carbocycles. The van der Waals surface area contributed by atoms with E-state index >= 15 is 0 Å². The Balaban J connectivity index is 1.50. The van der Waals surface area contributed by atoms with E-state index in [0.29, 0.717) is 12.1 Å². The van der Waals surface area contributed by atoms with Crippen molar-refractivity contribution in [3.05, 3.63) is 144 Å². The molecule has 0 radical (unpaired) electrons. The first kappa shape index (κ1) is 25.3. The van der Waals surface area contributed by atoms with E-state index in [2.05, 4.69) is 53.4 Å². The number of para-hydroxylation sites is 3. The molecule has 0 saturated heterocycles. The third kappa shape index (κ3) is 5.36. The zero-order valence-corrected chi connectivity index (χ0v) is 21.3. The first-order chi connectivity index (χ1) is 19.2. The number of aliphatic hydroxyl groups excluding tert-OH is 1. The number of benzene rings is 4. The summed E-state index contributed by atoms with van der Waals surface area (Å²) in [5, 5.41) is 28.9. The quantitative estimate of drug-likeness (QED) is 0.265. The average Bonchev–Trinajstić information content (AvgIpc) is 3.00. The summed E-state index contributed by atoms with van der Waals surface area (Å²) >= 11 is 0. The van der Waals surface area contributed by atoms with E-state index in [1.807, 2.05) is 95.9 Å². The molecule has 4 aromatic carbocycles. The van der Waals surface area contributed by atoms with Gasteiger partial charge in [-0.15, -0.1) is 0 Å². The van der Waals surface area contributed by atoms with Gasteiger partial charge < -0.3 is 14.9 Å². The molecule has 5 nitrogen and oxygen atoms in total. The topological polar surface area (TPSA) is 74.3 Å². The molecule has 1 heterocycles. The largest absolute Gasteiger partial charge is 0.395 e. The molecule has 0 amide bonds. The van der Waals surface area contributed by atoms with Gasteiger partial charge in [0.15, 0.2) is 0 Å². The smallest absolute Gasteiger partial charge is 0.137 e. The van der Waals surface area contributed by atoms with Crippen LogP contribution in [0, 0.1) is 22.7 Å². The molecule has 4 aromatic rings. The minimum atomic E-state index is -0.0363. The van der Waals surface area contributed by atoms with Gasteiger partial charge in [0.1, 0.15) is 17.7 Å². The van der Waals surface area contributed by atoms with Gasteiger partial charge in [0.05, 0.1) is 6.61 Å². The molecule has 1 aliphatic rings. The summed E-state index contributed by atoms with van der Waals surface area (Å²) in [5.41, 5.74) is 7.26. The maximum absolute atomic E-state index is 9.77. The van der Waals surface area contributed by atoms with E-state index in [-0.39, 0.29) is 12.2 Å². The standard InChI is InChI=1S/C34H26N4O/c35-24-27(25-36)33-23-31(37(21-22-39)34-14-8-7-13-32(33)34)20-17-26-15-18-30(19-16-26)38(28-9-3-1-4-10-28)29-11-5-2-6-12-29/h1-20,23,39H,21-22H2/b20-17+. The summed E-state index contributed by atoms with van der Waals surface area (Å²) in [5.74, 6) is 0. The number of hydrogen-bond acceptors (Lipinski definition) is 5. The van der Waals surface area contributed by atoms with Crippen LogP contribution in [0.25, 0.3) is 11.6 Å². The average molecular weight is 507 g/mol. The van der Waals surface area contributed by atoms with Crippen LogP contribution in [0.3, 0.4) is 0 Å². The number of allylic oxidation sites excluding steroid dienone is 4. The van der Waals surface area contributed by atoms with E-state index in [4.69, 9.17) is 0 Å². The molecular weight excluding hydrogens is 480 g/mol. The Kier molecular flexibility index (Phi) is 7.65. The number of nitriles is 2. The predicted molar refractivity (Wildman–Crippen MR) is 157 cm³/mol. The highest BCUT2D eigenvalue weighted by Gasteiger charge is 2.23. The summed E-state index contributed by atoms with van der Waals surface area (Å²) in [6.07, 6.45) is 5.80. The lowest BCUT2D eigenvalue weighted by atomic mass is 9.93. The fraction of sp³-hybridized carbons (Fsp3) is 0.0588. The summed E-state index contributed by atoms with van der Waals surface area (Å²) in [7, 11) is 0. The summed E-state index contributed by atoms with van der Waals surface area (Å²) in [4.78, 5) is 4.21. The number of fused-ring (bicyclic) bond motifs is 1. The predicted octanol–water partition coefficient (Wildman–Crippen LogP) is 7.37. The first-order valence-electron chi connectivity index (χ1n) is 12.7. The van der Waals surface area contributed by atoms with Crippen LogP contribution in [0.15, 0.2) is 133 Å². The Hall–Kier alpha value is -5.36. The molecule has 0 aromatic heterocycles. The van der Waals surface area contributed by atoms with Gasteiger partial charge in [-0.05, 0) is 60.2 Å². The lowest BCUT2D eigenvalue weighted by molar-refractivity contribution is 0.304. The van der Waals surface area contributed by atoms with Gasteiger partial charge in [0.2, 0.25) is 0 Å². The molecule has 39 heavy (non-hydrogen) atoms. The Morgan fingerprint density at radius 3 is 1.87 bits per heavy atom. The Bertz CT molecular complexity index is 1570. The fourth-order valence-corrected chi connectivity index (χ4v) is 4.74. The highest BCUT2D eigenvalue weighted by Crippen LogP contribution is 2.38. The summed E-state index contributed by atoms with van der Waals surface area (Å²) in [6.45, 7) is 0.350. The van der Waals surface area contributed by atoms with Crippen LogP contribution in [0.4, 0.5) is 22.7 Å². The van der Waals surface area contributed by atoms with E-state index in [1.54, 1.807) is 0 Å². The van der Waals surface area contributed by atoms with Gasteiger partial charge in [-0.3, -0.25) is 0 Å². The maximum Gasteiger partial charge on any atom is 0.137 e. The highest BCUT2D eigenvalue weighted by molar-refractivity contribution is 5.93. The molecule has 5 rings (SSSR count). The molecule has 1 N–H and O–H groups in total. The maximum atomic E-state index is 9.77. The van der Waals surface area contributed by atoms with Crippen LogP contribution in [0.1, 0.15) is 11.1 Å². The highest BCUT2D eigenvalue weighted by atomic mass is 16.3. The van der Waals surface area contributed by atoms with Gasteiger partial charge in [-0.25, -0.2) is 0 Å². The van der Waals surface area contributed by atoms with Crippen molar-refractivity contribution in [2.24, 2.45) is 0 Å². The molecule has 0 aliphatic carbocycles. The molecule has 0 fully saturated rings. The first-order valence-corrected chi connectivity index (χ1v) is 12.7. The van der Waals surface area contributed by atoms with Crippen molar-refractivity contribution in [2.75, 3.05) is 23.0 Å². The second-order valence-electron chi connectivity index (χ2n) is 8.91. The van der Waals surface area contributed by atoms with Gasteiger partial charge in [-0.1, -0.05) is 72.8 Å². The van der Waals surface area contributed by atoms with Crippen LogP contribution in [-0.2, 0) is 0 Å². The third-order valence-corrected chi connectivity index (χ3v) is 6.53. The molecule has 5 heteroatoms. The van der Waals surface area contributed by atoms with E-state index in [0.717, 1.165) is 39.6 Å². The van der Waals surface area contributed by atoms with E-state index < -0.39 is 0 Å². The van der Waals surface area contributed by atoms with Crippen molar-refractivity contribution in [3.8, 4) is 12.1 Å². The zero-order valence-electron chi connectivity index (χ0n) is 21.3. The molecule has 0 bridgehead atoms. The normalized spacial score (nSPS) is 12.3. The minimum Gasteiger partial charge on any atom is -0.395 e. The van der Waals surface area contributed by atoms with E-state index in [9.17, 15) is 15.6 Å². The number of rotatable bonds is 7. The Morgan fingerprint density at radius 1 is 0.718 bits per heavy atom. The summed E-state index contributed by atoms with van der Waals surface area (Å²) < 4.78 is 0. The van der Waals surface area contributed by atoms with Crippen LogP contribution in [0.5, 0.6) is 0 Å². The number of hydrogen-bond donors (Lipinski definition) is 1. The molecule has 0 spiro atoms. The van der Waals surface area contributed by atoms with Gasteiger partial charge in [0, 0.05) is 46.1 Å². The van der Waals surface area contributed by atoms with Crippen molar-refractivity contribution in [1.29, 1.82) is 10.5 Å². The monoisotopic (exact) mass is 506 g/mol. The zero-order chi connectivity index (χ0) is 27.0. The number of aliphatic hydroxyl groups is 1. The van der Waals surface area contributed by atoms with Crippen molar-refractivity contribution >= 4 is 34.4 Å². The molecule has 0 atom stereocenters. The SMILES string of the molecule is N#CC(C#N)=C1C=C(/C=C/c2ccc(N(c3ccccc3)c3ccccc3)cc2)N(CCO)c2ccccc21. The molecular formula is C34H26N4O. The molecule has 1 aliphatic heterocycles. The van der Waals surface area contributed by atoms with Crippen LogP contribution >= 0.6 is 0 Å². The number of β-amino-alcohol motifs (C(OH)–C–C–N with tert-alkyl or cyclic N) is 1. The number of anilines is 4. The minimum absolute atomic E-state index is 0.0363. The molecule has 188 valence electrons. The third-order valence-electron chi connectivity index (χ3n) is 6.53. The van der Waals surface area contributed by atoms with Crippen molar-refractivity contribution in [1.82, 2.24) is 0 Å². The Morgan fingerprint density at radius 2 is 1.28 bits per heavy atom. The van der Waals surface area contributed by atoms with Gasteiger partial charge in [0.25, 0.3) is 0 Å². The van der Waals surface area contributed by atoms with Crippen molar-refractivity contribution in [3.63, 3.8) is 0 Å². The summed E-state index contributed by atoms with van der Waals surface area (Å²) in [6, 6.07) is 40.5. The van der Waals surface area contributed by atoms with Crippen LogP contribution in [-0.4, -0.2) is 18.3 Å². The van der Waals surface area contributed by atoms with Gasteiger partial charge in [-0.2, -0.15) is 10.5 Å². The molecule has 0 unspecified atom stereocenters. The number of nitrogens with zero attached hydrogens (tertiary/aromatic N) is 4. The second kappa shape index (κ2) is 11.8. The second-order valence-corrected chi connectivity index (χ2v) is 8.91.